The van der Waals surface area contributed by atoms with Crippen LogP contribution in [0, 0.1) is 9.54 Å². The van der Waals surface area contributed by atoms with Crippen molar-refractivity contribution in [2.75, 3.05) is 17.7 Å². The van der Waals surface area contributed by atoms with Gasteiger partial charge in [-0.2, -0.15) is 4.98 Å². The molecule has 0 unspecified atom stereocenters. The standard InChI is InChI=1S/C22H23N5O2S2/c1-23-18-11-10-17(24-20(28)19-25-21(30)27-22(31)26-19)13-16(18)9-5-6-12-29-14-15-7-3-2-4-8-15/h2-4,6-8,10-13,23H,5,9,14H2,1H3,(H,24,28)(H2,25,26,27,30,31)/b12-6-. The summed E-state index contributed by atoms with van der Waals surface area (Å²) in [6.45, 7) is 0.543. The van der Waals surface area contributed by atoms with Crippen LogP contribution in [-0.4, -0.2) is 27.9 Å². The van der Waals surface area contributed by atoms with Crippen molar-refractivity contribution < 1.29 is 9.53 Å². The molecule has 1 amide bonds. The van der Waals surface area contributed by atoms with Crippen LogP contribution >= 0.6 is 24.4 Å². The first-order valence-electron chi connectivity index (χ1n) is 9.68. The van der Waals surface area contributed by atoms with Gasteiger partial charge < -0.3 is 25.3 Å². The van der Waals surface area contributed by atoms with Crippen LogP contribution in [0.2, 0.25) is 0 Å². The van der Waals surface area contributed by atoms with Crippen LogP contribution in [-0.2, 0) is 17.8 Å². The van der Waals surface area contributed by atoms with E-state index in [1.807, 2.05) is 61.7 Å². The van der Waals surface area contributed by atoms with Crippen molar-refractivity contribution >= 4 is 41.7 Å². The highest BCUT2D eigenvalue weighted by Gasteiger charge is 2.10. The Morgan fingerprint density at radius 2 is 1.97 bits per heavy atom. The Morgan fingerprint density at radius 1 is 1.16 bits per heavy atom. The maximum atomic E-state index is 12.5. The maximum absolute atomic E-state index is 12.5. The number of nitrogens with one attached hydrogen (secondary N) is 4. The van der Waals surface area contributed by atoms with E-state index in [9.17, 15) is 4.79 Å². The van der Waals surface area contributed by atoms with E-state index in [4.69, 9.17) is 29.2 Å². The zero-order valence-corrected chi connectivity index (χ0v) is 18.6. The van der Waals surface area contributed by atoms with Gasteiger partial charge in [0.2, 0.25) is 10.6 Å². The summed E-state index contributed by atoms with van der Waals surface area (Å²) in [5, 5.41) is 6.00. The number of rotatable bonds is 9. The maximum Gasteiger partial charge on any atom is 0.291 e. The van der Waals surface area contributed by atoms with E-state index in [0.717, 1.165) is 29.7 Å². The van der Waals surface area contributed by atoms with E-state index in [-0.39, 0.29) is 15.4 Å². The number of aromatic amines is 2. The zero-order chi connectivity index (χ0) is 22.1. The Morgan fingerprint density at radius 3 is 2.71 bits per heavy atom. The molecule has 2 aromatic carbocycles. The van der Waals surface area contributed by atoms with E-state index in [2.05, 4.69) is 25.6 Å². The van der Waals surface area contributed by atoms with E-state index in [1.165, 1.54) is 0 Å². The van der Waals surface area contributed by atoms with Crippen molar-refractivity contribution in [3.63, 3.8) is 0 Å². The average molecular weight is 454 g/mol. The lowest BCUT2D eigenvalue weighted by atomic mass is 10.1. The summed E-state index contributed by atoms with van der Waals surface area (Å²) < 4.78 is 5.98. The molecule has 0 saturated heterocycles. The Bertz CT molecular complexity index is 1140. The van der Waals surface area contributed by atoms with Crippen LogP contribution in [0.3, 0.4) is 0 Å². The summed E-state index contributed by atoms with van der Waals surface area (Å²) >= 11 is 9.98. The van der Waals surface area contributed by atoms with Crippen LogP contribution in [0.1, 0.15) is 28.2 Å². The summed E-state index contributed by atoms with van der Waals surface area (Å²) in [4.78, 5) is 21.8. The van der Waals surface area contributed by atoms with Gasteiger partial charge in [0, 0.05) is 18.4 Å². The Balaban J connectivity index is 1.59. The van der Waals surface area contributed by atoms with Gasteiger partial charge in [-0.3, -0.25) is 4.79 Å². The van der Waals surface area contributed by atoms with E-state index < -0.39 is 5.91 Å². The number of allylic oxidation sites excluding steroid dienone is 1. The molecule has 9 heteroatoms. The van der Waals surface area contributed by atoms with Crippen LogP contribution in [0.4, 0.5) is 11.4 Å². The molecule has 0 aliphatic rings. The second-order valence-electron chi connectivity index (χ2n) is 6.63. The molecule has 1 aromatic heterocycles. The second-order valence-corrected chi connectivity index (χ2v) is 7.42. The number of nitrogens with zero attached hydrogens (tertiary/aromatic N) is 1. The van der Waals surface area contributed by atoms with Gasteiger partial charge in [-0.05, 0) is 72.7 Å². The third-order valence-electron chi connectivity index (χ3n) is 4.38. The number of anilines is 2. The van der Waals surface area contributed by atoms with Crippen molar-refractivity contribution in [3.8, 4) is 0 Å². The van der Waals surface area contributed by atoms with Crippen molar-refractivity contribution in [2.45, 2.75) is 19.4 Å². The van der Waals surface area contributed by atoms with Gasteiger partial charge in [-0.1, -0.05) is 30.3 Å². The highest BCUT2D eigenvalue weighted by Crippen LogP contribution is 2.22. The lowest BCUT2D eigenvalue weighted by Crippen LogP contribution is -2.16. The summed E-state index contributed by atoms with van der Waals surface area (Å²) in [7, 11) is 1.87. The minimum Gasteiger partial charge on any atom is -0.497 e. The summed E-state index contributed by atoms with van der Waals surface area (Å²) in [5.74, 6) is -0.352. The number of H-pyrrole nitrogens is 2. The highest BCUT2D eigenvalue weighted by molar-refractivity contribution is 7.71. The van der Waals surface area contributed by atoms with Crippen molar-refractivity contribution in [1.82, 2.24) is 15.0 Å². The number of hydrogen-bond acceptors (Lipinski definition) is 6. The first kappa shape index (κ1) is 22.4. The third kappa shape index (κ3) is 6.87. The second kappa shape index (κ2) is 11.2. The van der Waals surface area contributed by atoms with Crippen molar-refractivity contribution in [3.05, 3.63) is 87.4 Å². The average Bonchev–Trinajstić information content (AvgIpc) is 2.76. The molecule has 0 fully saturated rings. The molecule has 0 radical (unpaired) electrons. The number of hydrogen-bond donors (Lipinski definition) is 4. The Hall–Kier alpha value is -3.30. The van der Waals surface area contributed by atoms with Gasteiger partial charge in [0.25, 0.3) is 5.91 Å². The molecule has 0 bridgehead atoms. The number of benzene rings is 2. The highest BCUT2D eigenvalue weighted by atomic mass is 32.1. The Labute approximate surface area is 190 Å². The van der Waals surface area contributed by atoms with Gasteiger partial charge in [0.1, 0.15) is 6.61 Å². The molecular formula is C22H23N5O2S2. The number of carbonyl (C=O) groups is 1. The smallest absolute Gasteiger partial charge is 0.291 e. The monoisotopic (exact) mass is 453 g/mol. The largest absolute Gasteiger partial charge is 0.497 e. The number of carbonyl (C=O) groups excluding carboxylic acids is 1. The third-order valence-corrected chi connectivity index (χ3v) is 4.78. The van der Waals surface area contributed by atoms with Crippen LogP contribution in [0.25, 0.3) is 0 Å². The molecular weight excluding hydrogens is 430 g/mol. The van der Waals surface area contributed by atoms with Crippen LogP contribution in [0.15, 0.2) is 60.9 Å². The van der Waals surface area contributed by atoms with Gasteiger partial charge in [-0.25, -0.2) is 0 Å². The predicted molar refractivity (Wildman–Crippen MR) is 127 cm³/mol. The predicted octanol–water partition coefficient (Wildman–Crippen LogP) is 5.15. The molecule has 0 aliphatic heterocycles. The minimum absolute atomic E-state index is 0.0616. The molecule has 3 rings (SSSR count). The topological polar surface area (TPSA) is 94.8 Å². The number of ether oxygens (including phenoxy) is 1. The fourth-order valence-electron chi connectivity index (χ4n) is 2.91. The lowest BCUT2D eigenvalue weighted by Gasteiger charge is -2.12. The quantitative estimate of drug-likeness (QED) is 0.264. The van der Waals surface area contributed by atoms with Crippen LogP contribution in [0.5, 0.6) is 0 Å². The van der Waals surface area contributed by atoms with Gasteiger partial charge in [-0.15, -0.1) is 0 Å². The summed E-state index contributed by atoms with van der Waals surface area (Å²) in [6.07, 6.45) is 5.29. The Kier molecular flexibility index (Phi) is 8.08. The normalized spacial score (nSPS) is 10.7. The molecule has 7 nitrogen and oxygen atoms in total. The fraction of sp³-hybridized carbons (Fsp3) is 0.182. The molecule has 3 aromatic rings. The molecule has 160 valence electrons. The lowest BCUT2D eigenvalue weighted by molar-refractivity contribution is 0.101. The molecule has 0 aliphatic carbocycles. The SMILES string of the molecule is CNc1ccc(NC(=O)c2nc(=S)[nH]c(=S)[nH]2)cc1CC/C=C\OCc1ccccc1. The first-order valence-corrected chi connectivity index (χ1v) is 10.5. The zero-order valence-electron chi connectivity index (χ0n) is 17.0. The van der Waals surface area contributed by atoms with Crippen molar-refractivity contribution in [2.24, 2.45) is 0 Å². The molecule has 0 saturated carbocycles. The van der Waals surface area contributed by atoms with Gasteiger partial charge in [0.05, 0.1) is 6.26 Å². The molecule has 31 heavy (non-hydrogen) atoms. The van der Waals surface area contributed by atoms with E-state index in [0.29, 0.717) is 12.3 Å². The molecule has 0 atom stereocenters. The van der Waals surface area contributed by atoms with Gasteiger partial charge in [0.15, 0.2) is 4.77 Å². The number of amides is 1. The van der Waals surface area contributed by atoms with Crippen molar-refractivity contribution in [1.29, 1.82) is 0 Å². The molecule has 4 N–H and O–H groups in total. The van der Waals surface area contributed by atoms with E-state index in [1.54, 1.807) is 6.26 Å². The number of aromatic nitrogens is 3. The molecule has 1 heterocycles. The number of aryl methyl sites for hydroxylation is 1. The first-order chi connectivity index (χ1) is 15.0. The summed E-state index contributed by atoms with van der Waals surface area (Å²) in [5.41, 5.74) is 3.85. The fourth-order valence-corrected chi connectivity index (χ4v) is 3.36. The molecule has 0 spiro atoms. The van der Waals surface area contributed by atoms with Crippen LogP contribution < -0.4 is 10.6 Å². The van der Waals surface area contributed by atoms with Gasteiger partial charge >= 0.3 is 0 Å². The summed E-state index contributed by atoms with van der Waals surface area (Å²) in [6, 6.07) is 15.7. The van der Waals surface area contributed by atoms with E-state index >= 15 is 0 Å². The minimum atomic E-state index is -0.413.